The number of ether oxygens (including phenoxy) is 1. The Balaban J connectivity index is 1.22. The van der Waals surface area contributed by atoms with Crippen molar-refractivity contribution in [1.82, 2.24) is 25.1 Å². The Morgan fingerprint density at radius 3 is 2.73 bits per heavy atom. The fourth-order valence-corrected chi connectivity index (χ4v) is 9.44. The van der Waals surface area contributed by atoms with Crippen LogP contribution in [0.1, 0.15) is 77.2 Å². The van der Waals surface area contributed by atoms with E-state index in [1.54, 1.807) is 25.4 Å². The number of nitrogens with one attached hydrogen (secondary N) is 2. The number of aromatic amines is 1. The van der Waals surface area contributed by atoms with Gasteiger partial charge in [-0.25, -0.2) is 19.3 Å². The number of aromatic nitrogens is 4. The van der Waals surface area contributed by atoms with Crippen LogP contribution < -0.4 is 15.8 Å². The molecule has 4 aromatic heterocycles. The van der Waals surface area contributed by atoms with E-state index in [9.17, 15) is 14.0 Å². The second-order valence-corrected chi connectivity index (χ2v) is 15.3. The summed E-state index contributed by atoms with van der Waals surface area (Å²) in [4.78, 5) is 39.7. The summed E-state index contributed by atoms with van der Waals surface area (Å²) >= 11 is 1.54. The van der Waals surface area contributed by atoms with Gasteiger partial charge in [0.1, 0.15) is 17.4 Å². The molecule has 0 radical (unpaired) electrons. The molecule has 12 heteroatoms. The van der Waals surface area contributed by atoms with Gasteiger partial charge in [-0.15, -0.1) is 16.4 Å². The number of anilines is 1. The third kappa shape index (κ3) is 5.14. The van der Waals surface area contributed by atoms with Crippen LogP contribution in [0.5, 0.6) is 5.75 Å². The number of thiophene rings is 1. The Kier molecular flexibility index (Phi) is 7.36. The van der Waals surface area contributed by atoms with Gasteiger partial charge in [0.15, 0.2) is 0 Å². The maximum atomic E-state index is 14.5. The summed E-state index contributed by atoms with van der Waals surface area (Å²) in [7, 11) is 1.70. The number of carbonyl (C=O) groups excluding carboxylic acids is 1. The van der Waals surface area contributed by atoms with Gasteiger partial charge in [-0.3, -0.25) is 9.78 Å². The Morgan fingerprint density at radius 2 is 1.94 bits per heavy atom. The highest BCUT2D eigenvalue weighted by Gasteiger charge is 2.52. The number of pyridine rings is 2. The lowest BCUT2D eigenvalue weighted by Crippen LogP contribution is -2.26. The lowest BCUT2D eigenvalue weighted by atomic mass is 9.81. The molecule has 51 heavy (non-hydrogen) atoms. The predicted octanol–water partition coefficient (Wildman–Crippen LogP) is 7.66. The molecule has 0 bridgehead atoms. The molecule has 0 saturated carbocycles. The molecule has 0 spiro atoms. The molecule has 1 saturated heterocycles. The summed E-state index contributed by atoms with van der Waals surface area (Å²) in [6.07, 6.45) is 5.47. The summed E-state index contributed by atoms with van der Waals surface area (Å²) in [5.74, 6) is 0.639. The van der Waals surface area contributed by atoms with Crippen LogP contribution in [-0.4, -0.2) is 44.6 Å². The third-order valence-corrected chi connectivity index (χ3v) is 11.9. The number of benzene rings is 2. The van der Waals surface area contributed by atoms with Crippen LogP contribution in [-0.2, 0) is 19.3 Å². The Hall–Kier alpha value is -5.36. The van der Waals surface area contributed by atoms with Crippen LogP contribution in [0.2, 0.25) is 0 Å². The number of aryl methyl sites for hydroxylation is 2. The number of rotatable bonds is 8. The average molecular weight is 703 g/mol. The van der Waals surface area contributed by atoms with Crippen molar-refractivity contribution in [3.63, 3.8) is 0 Å². The van der Waals surface area contributed by atoms with Gasteiger partial charge in [0.25, 0.3) is 11.8 Å². The molecule has 1 fully saturated rings. The second kappa shape index (κ2) is 11.9. The fraction of sp³-hybridized carbons (Fsp3) is 0.308. The largest absolute Gasteiger partial charge is 0.496 e. The molecular weight excluding hydrogens is 668 g/mol. The summed E-state index contributed by atoms with van der Waals surface area (Å²) in [5, 5.41) is 11.4. The minimum absolute atomic E-state index is 0.0619. The lowest BCUT2D eigenvalue weighted by Gasteiger charge is -2.27. The first-order valence-corrected chi connectivity index (χ1v) is 18.0. The van der Waals surface area contributed by atoms with Crippen molar-refractivity contribution >= 4 is 33.1 Å². The van der Waals surface area contributed by atoms with E-state index in [0.717, 1.165) is 57.1 Å². The molecule has 6 heterocycles. The van der Waals surface area contributed by atoms with E-state index in [1.165, 1.54) is 34.6 Å². The quantitative estimate of drug-likeness (QED) is 0.166. The molecular formula is C39H35FN6O4S. The first-order valence-electron chi connectivity index (χ1n) is 17.2. The zero-order chi connectivity index (χ0) is 35.0. The van der Waals surface area contributed by atoms with E-state index in [4.69, 9.17) is 19.1 Å². The number of halogens is 1. The Bertz CT molecular complexity index is 2420. The highest BCUT2D eigenvalue weighted by molar-refractivity contribution is 7.23. The molecule has 2 N–H and O–H groups in total. The number of methoxy groups -OCH3 is 1. The molecule has 0 unspecified atom stereocenters. The Labute approximate surface area is 296 Å². The van der Waals surface area contributed by atoms with Crippen molar-refractivity contribution in [3.8, 4) is 27.6 Å². The van der Waals surface area contributed by atoms with Crippen molar-refractivity contribution in [2.45, 2.75) is 58.0 Å². The van der Waals surface area contributed by atoms with E-state index in [0.29, 0.717) is 41.8 Å². The zero-order valence-corrected chi connectivity index (χ0v) is 29.2. The number of nitrogens with zero attached hydrogens (tertiary/aromatic N) is 4. The number of carbonyl (C=O) groups is 1. The molecule has 2 aliphatic heterocycles. The smallest absolute Gasteiger partial charge is 0.434 e. The Morgan fingerprint density at radius 1 is 1.10 bits per heavy atom. The lowest BCUT2D eigenvalue weighted by molar-refractivity contribution is 0.0739. The average Bonchev–Trinajstić information content (AvgIpc) is 3.95. The van der Waals surface area contributed by atoms with Crippen LogP contribution in [0.25, 0.3) is 32.0 Å². The zero-order valence-electron chi connectivity index (χ0n) is 28.4. The predicted molar refractivity (Wildman–Crippen MR) is 193 cm³/mol. The normalized spacial score (nSPS) is 18.7. The molecule has 10 nitrogen and oxygen atoms in total. The maximum absolute atomic E-state index is 14.5. The monoisotopic (exact) mass is 702 g/mol. The molecule has 258 valence electrons. The maximum Gasteiger partial charge on any atom is 0.434 e. The topological polar surface area (TPSA) is 126 Å². The number of hydrogen-bond donors (Lipinski definition) is 2. The van der Waals surface area contributed by atoms with Crippen LogP contribution in [0.15, 0.2) is 70.0 Å². The molecule has 6 aromatic rings. The summed E-state index contributed by atoms with van der Waals surface area (Å²) in [5.41, 5.74) is 6.23. The number of amides is 1. The minimum atomic E-state index is -0.700. The van der Waals surface area contributed by atoms with Gasteiger partial charge in [0.2, 0.25) is 0 Å². The fourth-order valence-electron chi connectivity index (χ4n) is 8.27. The number of H-pyrrole nitrogens is 1. The van der Waals surface area contributed by atoms with Crippen LogP contribution in [0.3, 0.4) is 0 Å². The van der Waals surface area contributed by atoms with Gasteiger partial charge >= 0.3 is 5.76 Å². The van der Waals surface area contributed by atoms with Gasteiger partial charge in [-0.2, -0.15) is 0 Å². The van der Waals surface area contributed by atoms with Crippen molar-refractivity contribution in [2.24, 2.45) is 5.41 Å². The van der Waals surface area contributed by atoms with Crippen molar-refractivity contribution in [2.75, 3.05) is 19.0 Å². The van der Waals surface area contributed by atoms with Gasteiger partial charge < -0.3 is 19.4 Å². The summed E-state index contributed by atoms with van der Waals surface area (Å²) in [6.45, 7) is 4.99. The molecule has 1 aliphatic carbocycles. The van der Waals surface area contributed by atoms with Crippen LogP contribution in [0.4, 0.5) is 10.2 Å². The van der Waals surface area contributed by atoms with Gasteiger partial charge in [-0.1, -0.05) is 38.1 Å². The summed E-state index contributed by atoms with van der Waals surface area (Å²) < 4.78 is 26.0. The van der Waals surface area contributed by atoms with Crippen molar-refractivity contribution in [1.29, 1.82) is 0 Å². The highest BCUT2D eigenvalue weighted by Crippen LogP contribution is 2.55. The van der Waals surface area contributed by atoms with Crippen LogP contribution in [0, 0.1) is 11.2 Å². The first-order chi connectivity index (χ1) is 24.7. The van der Waals surface area contributed by atoms with Crippen molar-refractivity contribution < 1.29 is 18.3 Å². The van der Waals surface area contributed by atoms with E-state index in [-0.39, 0.29) is 35.1 Å². The van der Waals surface area contributed by atoms with E-state index in [1.807, 2.05) is 23.1 Å². The van der Waals surface area contributed by atoms with Gasteiger partial charge in [-0.05, 0) is 89.9 Å². The van der Waals surface area contributed by atoms with Gasteiger partial charge in [0, 0.05) is 23.2 Å². The first kappa shape index (κ1) is 31.6. The van der Waals surface area contributed by atoms with E-state index in [2.05, 4.69) is 41.5 Å². The molecule has 1 amide bonds. The summed E-state index contributed by atoms with van der Waals surface area (Å²) in [6, 6.07) is 16.5. The second-order valence-electron chi connectivity index (χ2n) is 14.2. The molecule has 2 aromatic carbocycles. The van der Waals surface area contributed by atoms with E-state index < -0.39 is 5.76 Å². The van der Waals surface area contributed by atoms with Crippen molar-refractivity contribution in [3.05, 3.63) is 111 Å². The third-order valence-electron chi connectivity index (χ3n) is 10.7. The standard InChI is InChI=1S/C39H35FN6O4S/c1-39(2)16-18-46-34(39)32-31(37(46)47)30(29(36-44-45-38(48)50-36)26(42-32)13-9-20-7-10-22(40)11-8-20)28-19-21-15-17-41-35(33(21)51-28)43-25-14-12-24-23(25)5-4-6-27(24)49-3/h4-8,10-11,15,17,19,25,34H,9,12-14,16,18H2,1-3H3,(H,41,43)(H,45,48)/t25-,34-/m1/s1. The van der Waals surface area contributed by atoms with Crippen LogP contribution >= 0.6 is 11.3 Å². The van der Waals surface area contributed by atoms with Gasteiger partial charge in [0.05, 0.1) is 46.4 Å². The minimum Gasteiger partial charge on any atom is -0.496 e. The SMILES string of the molecule is COc1cccc2c1CC[C@H]2Nc1nccc2cc(-c3c4c(nc(CCc5ccc(F)cc5)c3-c3n[nH]c(=O)o3)[C@H]3N(CCC3(C)C)C4=O)sc12. The molecule has 3 aliphatic rings. The number of fused-ring (bicyclic) bond motifs is 5. The number of hydrogen-bond acceptors (Lipinski definition) is 9. The highest BCUT2D eigenvalue weighted by atomic mass is 32.1. The van der Waals surface area contributed by atoms with E-state index >= 15 is 0 Å². The molecule has 2 atom stereocenters. The molecule has 9 rings (SSSR count).